The molecule has 2 rings (SSSR count). The first kappa shape index (κ1) is 13.6. The van der Waals surface area contributed by atoms with Crippen LogP contribution in [0.15, 0.2) is 24.3 Å². The summed E-state index contributed by atoms with van der Waals surface area (Å²) < 4.78 is 0. The molecule has 19 heavy (non-hydrogen) atoms. The Morgan fingerprint density at radius 2 is 2.16 bits per heavy atom. The highest BCUT2D eigenvalue weighted by molar-refractivity contribution is 5.98. The largest absolute Gasteiger partial charge is 0.324 e. The van der Waals surface area contributed by atoms with Crippen LogP contribution in [-0.4, -0.2) is 11.4 Å². The van der Waals surface area contributed by atoms with E-state index in [4.69, 9.17) is 11.0 Å². The van der Waals surface area contributed by atoms with Gasteiger partial charge in [-0.25, -0.2) is 0 Å². The van der Waals surface area contributed by atoms with Crippen molar-refractivity contribution in [3.05, 3.63) is 29.8 Å². The number of carbonyl (C=O) groups is 1. The summed E-state index contributed by atoms with van der Waals surface area (Å²) in [5.41, 5.74) is 6.74. The van der Waals surface area contributed by atoms with Gasteiger partial charge in [-0.05, 0) is 43.0 Å². The van der Waals surface area contributed by atoms with Crippen LogP contribution in [0.25, 0.3) is 0 Å². The minimum absolute atomic E-state index is 0.122. The zero-order valence-electron chi connectivity index (χ0n) is 11.1. The van der Waals surface area contributed by atoms with Gasteiger partial charge < -0.3 is 11.1 Å². The van der Waals surface area contributed by atoms with E-state index in [1.807, 2.05) is 6.07 Å². The molecule has 4 heteroatoms. The number of nitrogens with two attached hydrogens (primary N) is 1. The Hall–Kier alpha value is -1.86. The van der Waals surface area contributed by atoms with Gasteiger partial charge in [0.15, 0.2) is 0 Å². The second-order valence-corrected chi connectivity index (χ2v) is 5.50. The van der Waals surface area contributed by atoms with Crippen LogP contribution in [0.4, 0.5) is 5.69 Å². The summed E-state index contributed by atoms with van der Waals surface area (Å²) in [6.07, 6.45) is 3.61. The highest BCUT2D eigenvalue weighted by Crippen LogP contribution is 2.31. The van der Waals surface area contributed by atoms with E-state index in [2.05, 4.69) is 12.2 Å². The van der Waals surface area contributed by atoms with E-state index >= 15 is 0 Å². The van der Waals surface area contributed by atoms with Crippen molar-refractivity contribution in [3.8, 4) is 6.07 Å². The first-order valence-electron chi connectivity index (χ1n) is 6.64. The van der Waals surface area contributed by atoms with Crippen LogP contribution in [0.1, 0.15) is 38.2 Å². The van der Waals surface area contributed by atoms with Crippen LogP contribution in [0.5, 0.6) is 0 Å². The molecule has 100 valence electrons. The Labute approximate surface area is 113 Å². The molecule has 1 fully saturated rings. The molecule has 0 bridgehead atoms. The fourth-order valence-electron chi connectivity index (χ4n) is 2.68. The van der Waals surface area contributed by atoms with E-state index in [1.165, 1.54) is 0 Å². The van der Waals surface area contributed by atoms with Gasteiger partial charge in [-0.3, -0.25) is 4.79 Å². The van der Waals surface area contributed by atoms with Gasteiger partial charge in [-0.15, -0.1) is 0 Å². The topological polar surface area (TPSA) is 78.9 Å². The molecule has 0 aromatic heterocycles. The van der Waals surface area contributed by atoms with Gasteiger partial charge in [0, 0.05) is 5.69 Å². The molecule has 0 saturated heterocycles. The maximum absolute atomic E-state index is 12.3. The maximum atomic E-state index is 12.3. The van der Waals surface area contributed by atoms with E-state index in [1.54, 1.807) is 24.3 Å². The summed E-state index contributed by atoms with van der Waals surface area (Å²) in [6, 6.07) is 8.87. The zero-order chi connectivity index (χ0) is 13.9. The molecule has 2 atom stereocenters. The number of nitrogens with zero attached hydrogens (tertiary/aromatic N) is 1. The average molecular weight is 257 g/mol. The van der Waals surface area contributed by atoms with E-state index in [9.17, 15) is 4.79 Å². The van der Waals surface area contributed by atoms with Crippen molar-refractivity contribution in [2.75, 3.05) is 5.32 Å². The lowest BCUT2D eigenvalue weighted by molar-refractivity contribution is -0.122. The van der Waals surface area contributed by atoms with Crippen LogP contribution >= 0.6 is 0 Å². The summed E-state index contributed by atoms with van der Waals surface area (Å²) in [4.78, 5) is 12.3. The van der Waals surface area contributed by atoms with E-state index in [-0.39, 0.29) is 5.91 Å². The Morgan fingerprint density at radius 1 is 1.47 bits per heavy atom. The second kappa shape index (κ2) is 5.41. The van der Waals surface area contributed by atoms with Crippen molar-refractivity contribution in [2.24, 2.45) is 11.7 Å². The predicted molar refractivity (Wildman–Crippen MR) is 74.3 cm³/mol. The average Bonchev–Trinajstić information content (AvgIpc) is 2.39. The molecule has 1 aliphatic carbocycles. The molecule has 1 aromatic rings. The Bertz CT molecular complexity index is 503. The highest BCUT2D eigenvalue weighted by Gasteiger charge is 2.37. The molecule has 4 nitrogen and oxygen atoms in total. The number of amides is 1. The van der Waals surface area contributed by atoms with E-state index in [0.717, 1.165) is 25.7 Å². The molecule has 1 saturated carbocycles. The summed E-state index contributed by atoms with van der Waals surface area (Å²) >= 11 is 0. The molecule has 2 unspecified atom stereocenters. The minimum atomic E-state index is -0.758. The van der Waals surface area contributed by atoms with Crippen molar-refractivity contribution in [3.63, 3.8) is 0 Å². The Balaban J connectivity index is 2.05. The van der Waals surface area contributed by atoms with Gasteiger partial charge in [0.25, 0.3) is 0 Å². The number of hydrogen-bond acceptors (Lipinski definition) is 3. The zero-order valence-corrected chi connectivity index (χ0v) is 11.1. The van der Waals surface area contributed by atoms with Crippen molar-refractivity contribution in [1.82, 2.24) is 0 Å². The quantitative estimate of drug-likeness (QED) is 0.853. The fraction of sp³-hybridized carbons (Fsp3) is 0.467. The SMILES string of the molecule is CC1CCCC(N)(C(=O)Nc2ccc(C#N)cc2)C1. The number of nitrogens with one attached hydrogen (secondary N) is 1. The van der Waals surface area contributed by atoms with Crippen molar-refractivity contribution >= 4 is 11.6 Å². The monoisotopic (exact) mass is 257 g/mol. The first-order valence-corrected chi connectivity index (χ1v) is 6.64. The molecular formula is C15H19N3O. The standard InChI is InChI=1S/C15H19N3O/c1-11-3-2-8-15(17,9-11)14(19)18-13-6-4-12(10-16)5-7-13/h4-7,11H,2-3,8-9,17H2,1H3,(H,18,19). The molecule has 0 aliphatic heterocycles. The maximum Gasteiger partial charge on any atom is 0.244 e. The molecule has 0 spiro atoms. The summed E-state index contributed by atoms with van der Waals surface area (Å²) in [6.45, 7) is 2.13. The molecule has 1 aliphatic rings. The predicted octanol–water partition coefficient (Wildman–Crippen LogP) is 2.40. The van der Waals surface area contributed by atoms with Gasteiger partial charge in [0.1, 0.15) is 0 Å². The smallest absolute Gasteiger partial charge is 0.244 e. The van der Waals surface area contributed by atoms with Gasteiger partial charge >= 0.3 is 0 Å². The number of anilines is 1. The number of nitriles is 1. The number of hydrogen-bond donors (Lipinski definition) is 2. The molecular weight excluding hydrogens is 238 g/mol. The van der Waals surface area contributed by atoms with E-state index in [0.29, 0.717) is 17.2 Å². The molecule has 1 aromatic carbocycles. The first-order chi connectivity index (χ1) is 9.03. The van der Waals surface area contributed by atoms with Crippen molar-refractivity contribution in [2.45, 2.75) is 38.1 Å². The van der Waals surface area contributed by atoms with Crippen LogP contribution in [-0.2, 0) is 4.79 Å². The summed E-state index contributed by atoms with van der Waals surface area (Å²) in [5.74, 6) is 0.370. The molecule has 3 N–H and O–H groups in total. The lowest BCUT2D eigenvalue weighted by atomic mass is 9.76. The molecule has 0 radical (unpaired) electrons. The molecule has 0 heterocycles. The van der Waals surface area contributed by atoms with Gasteiger partial charge in [-0.1, -0.05) is 19.8 Å². The van der Waals surface area contributed by atoms with Crippen LogP contribution in [0.2, 0.25) is 0 Å². The number of benzene rings is 1. The van der Waals surface area contributed by atoms with Crippen LogP contribution < -0.4 is 11.1 Å². The number of carbonyl (C=O) groups excluding carboxylic acids is 1. The third-order valence-corrected chi connectivity index (χ3v) is 3.76. The Kier molecular flexibility index (Phi) is 3.87. The van der Waals surface area contributed by atoms with E-state index < -0.39 is 5.54 Å². The third-order valence-electron chi connectivity index (χ3n) is 3.76. The minimum Gasteiger partial charge on any atom is -0.324 e. The Morgan fingerprint density at radius 3 is 2.74 bits per heavy atom. The normalized spacial score (nSPS) is 26.5. The van der Waals surface area contributed by atoms with Crippen molar-refractivity contribution in [1.29, 1.82) is 5.26 Å². The third kappa shape index (κ3) is 3.12. The highest BCUT2D eigenvalue weighted by atomic mass is 16.2. The van der Waals surface area contributed by atoms with Crippen LogP contribution in [0.3, 0.4) is 0 Å². The van der Waals surface area contributed by atoms with Crippen molar-refractivity contribution < 1.29 is 4.79 Å². The van der Waals surface area contributed by atoms with Gasteiger partial charge in [0.2, 0.25) is 5.91 Å². The number of rotatable bonds is 2. The van der Waals surface area contributed by atoms with Crippen LogP contribution in [0, 0.1) is 17.2 Å². The summed E-state index contributed by atoms with van der Waals surface area (Å²) in [5, 5.41) is 11.6. The van der Waals surface area contributed by atoms with Gasteiger partial charge in [0.05, 0.1) is 17.2 Å². The van der Waals surface area contributed by atoms with Gasteiger partial charge in [-0.2, -0.15) is 5.26 Å². The second-order valence-electron chi connectivity index (χ2n) is 5.50. The lowest BCUT2D eigenvalue weighted by Gasteiger charge is -2.35. The fourth-order valence-corrected chi connectivity index (χ4v) is 2.68. The molecule has 1 amide bonds. The lowest BCUT2D eigenvalue weighted by Crippen LogP contribution is -2.53. The summed E-state index contributed by atoms with van der Waals surface area (Å²) in [7, 11) is 0.